The molecule has 1 amide bonds. The normalized spacial score (nSPS) is 12.9. The molecule has 1 aromatic carbocycles. The van der Waals surface area contributed by atoms with Crippen LogP contribution in [0.5, 0.6) is 0 Å². The summed E-state index contributed by atoms with van der Waals surface area (Å²) < 4.78 is 19.3. The molecule has 4 nitrogen and oxygen atoms in total. The van der Waals surface area contributed by atoms with Crippen molar-refractivity contribution in [2.75, 3.05) is 5.73 Å². The molecule has 3 N–H and O–H groups in total. The van der Waals surface area contributed by atoms with Crippen LogP contribution in [-0.4, -0.2) is 11.7 Å². The Hall–Kier alpha value is -1.05. The molecule has 0 radical (unpaired) electrons. The maximum absolute atomic E-state index is 13.5. The van der Waals surface area contributed by atoms with Gasteiger partial charge < -0.3 is 15.8 Å². The monoisotopic (exact) mass is 380 g/mol. The van der Waals surface area contributed by atoms with Gasteiger partial charge in [-0.2, -0.15) is 0 Å². The number of hydrogen-bond acceptors (Lipinski definition) is 3. The van der Waals surface area contributed by atoms with Crippen LogP contribution in [0.3, 0.4) is 0 Å². The van der Waals surface area contributed by atoms with Gasteiger partial charge in [0.05, 0.1) is 11.7 Å². The van der Waals surface area contributed by atoms with Crippen molar-refractivity contribution >= 4 is 34.4 Å². The number of nitrogen functional groups attached to an aromatic ring is 1. The minimum atomic E-state index is -0.565. The van der Waals surface area contributed by atoms with E-state index in [-0.39, 0.29) is 11.7 Å². The molecule has 1 aromatic rings. The van der Waals surface area contributed by atoms with Crippen molar-refractivity contribution in [1.29, 1.82) is 0 Å². The second-order valence-electron chi connectivity index (χ2n) is 5.27. The highest BCUT2D eigenvalue weighted by atomic mass is 127. The summed E-state index contributed by atoms with van der Waals surface area (Å²) in [5, 5.41) is 2.65. The number of carbonyl (C=O) groups is 1. The molecule has 0 bridgehead atoms. The summed E-state index contributed by atoms with van der Waals surface area (Å²) in [5.41, 5.74) is 5.74. The van der Waals surface area contributed by atoms with E-state index < -0.39 is 17.5 Å². The fraction of sp³-hybridized carbons (Fsp3) is 0.462. The molecule has 0 spiro atoms. The highest BCUT2D eigenvalue weighted by molar-refractivity contribution is 14.1. The number of hydrogen-bond donors (Lipinski definition) is 2. The van der Waals surface area contributed by atoms with Gasteiger partial charge in [0.1, 0.15) is 11.4 Å². The zero-order chi connectivity index (χ0) is 14.8. The van der Waals surface area contributed by atoms with Gasteiger partial charge in [-0.05, 0) is 68.0 Å². The van der Waals surface area contributed by atoms with Crippen molar-refractivity contribution in [2.24, 2.45) is 0 Å². The first-order chi connectivity index (χ1) is 8.60. The Morgan fingerprint density at radius 2 is 2.05 bits per heavy atom. The van der Waals surface area contributed by atoms with Gasteiger partial charge >= 0.3 is 6.09 Å². The Bertz CT molecular complexity index is 463. The first kappa shape index (κ1) is 16.0. The summed E-state index contributed by atoms with van der Waals surface area (Å²) in [7, 11) is 0. The molecule has 19 heavy (non-hydrogen) atoms. The molecule has 0 saturated heterocycles. The van der Waals surface area contributed by atoms with E-state index >= 15 is 0 Å². The SMILES string of the molecule is C[C@@H](NC(=O)OC(C)(C)C)c1cc(F)c(N)c(I)c1. The van der Waals surface area contributed by atoms with Gasteiger partial charge in [0.2, 0.25) is 0 Å². The third kappa shape index (κ3) is 4.85. The van der Waals surface area contributed by atoms with Gasteiger partial charge in [-0.25, -0.2) is 9.18 Å². The van der Waals surface area contributed by atoms with E-state index in [0.29, 0.717) is 9.13 Å². The summed E-state index contributed by atoms with van der Waals surface area (Å²) in [6.07, 6.45) is -0.535. The van der Waals surface area contributed by atoms with Crippen LogP contribution in [-0.2, 0) is 4.74 Å². The molecule has 0 aliphatic rings. The van der Waals surface area contributed by atoms with Crippen molar-refractivity contribution in [1.82, 2.24) is 5.32 Å². The molecule has 6 heteroatoms. The number of halogens is 2. The second-order valence-corrected chi connectivity index (χ2v) is 6.43. The molecule has 0 heterocycles. The van der Waals surface area contributed by atoms with Crippen LogP contribution in [0.1, 0.15) is 39.3 Å². The lowest BCUT2D eigenvalue weighted by atomic mass is 10.1. The lowest BCUT2D eigenvalue weighted by Crippen LogP contribution is -2.34. The van der Waals surface area contributed by atoms with Crippen LogP contribution >= 0.6 is 22.6 Å². The predicted octanol–water partition coefficient (Wildman–Crippen LogP) is 3.60. The third-order valence-electron chi connectivity index (χ3n) is 2.33. The van der Waals surface area contributed by atoms with Crippen molar-refractivity contribution < 1.29 is 13.9 Å². The Labute approximate surface area is 126 Å². The lowest BCUT2D eigenvalue weighted by Gasteiger charge is -2.22. The van der Waals surface area contributed by atoms with E-state index in [2.05, 4.69) is 5.32 Å². The van der Waals surface area contributed by atoms with E-state index in [1.54, 1.807) is 33.8 Å². The van der Waals surface area contributed by atoms with Gasteiger partial charge in [0.15, 0.2) is 0 Å². The van der Waals surface area contributed by atoms with Crippen molar-refractivity contribution in [3.63, 3.8) is 0 Å². The Kier molecular flexibility index (Phi) is 5.00. The van der Waals surface area contributed by atoms with Crippen molar-refractivity contribution in [3.05, 3.63) is 27.1 Å². The standard InChI is InChI=1S/C13H18FIN2O2/c1-7(17-12(18)19-13(2,3)4)8-5-9(14)11(16)10(15)6-8/h5-7H,16H2,1-4H3,(H,17,18)/t7-/m1/s1. The quantitative estimate of drug-likeness (QED) is 0.609. The third-order valence-corrected chi connectivity index (χ3v) is 3.23. The van der Waals surface area contributed by atoms with E-state index in [4.69, 9.17) is 10.5 Å². The Balaban J connectivity index is 2.79. The Morgan fingerprint density at radius 3 is 2.53 bits per heavy atom. The van der Waals surface area contributed by atoms with E-state index in [1.807, 2.05) is 22.6 Å². The average molecular weight is 380 g/mol. The summed E-state index contributed by atoms with van der Waals surface area (Å²) in [6, 6.07) is 2.69. The van der Waals surface area contributed by atoms with E-state index in [9.17, 15) is 9.18 Å². The molecule has 0 aliphatic heterocycles. The highest BCUT2D eigenvalue weighted by Gasteiger charge is 2.19. The average Bonchev–Trinajstić information content (AvgIpc) is 2.22. The molecule has 1 rings (SSSR count). The minimum absolute atomic E-state index is 0.119. The number of rotatable bonds is 2. The van der Waals surface area contributed by atoms with Crippen LogP contribution in [0, 0.1) is 9.39 Å². The first-order valence-electron chi connectivity index (χ1n) is 5.84. The molecular formula is C13H18FIN2O2. The van der Waals surface area contributed by atoms with Crippen LogP contribution in [0.25, 0.3) is 0 Å². The first-order valence-corrected chi connectivity index (χ1v) is 6.92. The number of amides is 1. The van der Waals surface area contributed by atoms with Crippen LogP contribution in [0.15, 0.2) is 12.1 Å². The van der Waals surface area contributed by atoms with Crippen molar-refractivity contribution in [2.45, 2.75) is 39.3 Å². The van der Waals surface area contributed by atoms with Crippen LogP contribution in [0.2, 0.25) is 0 Å². The maximum atomic E-state index is 13.5. The summed E-state index contributed by atoms with van der Waals surface area (Å²) in [5.74, 6) is -0.486. The van der Waals surface area contributed by atoms with Crippen molar-refractivity contribution in [3.8, 4) is 0 Å². The fourth-order valence-electron chi connectivity index (χ4n) is 1.42. The smallest absolute Gasteiger partial charge is 0.408 e. The van der Waals surface area contributed by atoms with Gasteiger partial charge in [-0.15, -0.1) is 0 Å². The topological polar surface area (TPSA) is 64.3 Å². The zero-order valence-electron chi connectivity index (χ0n) is 11.4. The Morgan fingerprint density at radius 1 is 1.47 bits per heavy atom. The number of nitrogens with two attached hydrogens (primary N) is 1. The van der Waals surface area contributed by atoms with E-state index in [0.717, 1.165) is 0 Å². The van der Waals surface area contributed by atoms with Gasteiger partial charge in [0, 0.05) is 3.57 Å². The molecule has 0 saturated carbocycles. The molecule has 0 aliphatic carbocycles. The highest BCUT2D eigenvalue weighted by Crippen LogP contribution is 2.24. The molecule has 0 aromatic heterocycles. The minimum Gasteiger partial charge on any atom is -0.444 e. The molecule has 1 atom stereocenters. The van der Waals surface area contributed by atoms with Gasteiger partial charge in [0.25, 0.3) is 0 Å². The number of carbonyl (C=O) groups excluding carboxylic acids is 1. The summed E-state index contributed by atoms with van der Waals surface area (Å²) >= 11 is 1.96. The number of benzene rings is 1. The zero-order valence-corrected chi connectivity index (χ0v) is 13.5. The largest absolute Gasteiger partial charge is 0.444 e. The fourth-order valence-corrected chi connectivity index (χ4v) is 2.04. The molecule has 0 fully saturated rings. The lowest BCUT2D eigenvalue weighted by molar-refractivity contribution is 0.0508. The number of nitrogens with one attached hydrogen (secondary N) is 1. The van der Waals surface area contributed by atoms with Gasteiger partial charge in [-0.1, -0.05) is 0 Å². The molecule has 106 valence electrons. The summed E-state index contributed by atoms with van der Waals surface area (Å²) in [6.45, 7) is 7.10. The second kappa shape index (κ2) is 5.94. The number of ether oxygens (including phenoxy) is 1. The summed E-state index contributed by atoms with van der Waals surface area (Å²) in [4.78, 5) is 11.6. The molecule has 0 unspecified atom stereocenters. The molecular weight excluding hydrogens is 362 g/mol. The maximum Gasteiger partial charge on any atom is 0.408 e. The number of anilines is 1. The van der Waals surface area contributed by atoms with E-state index in [1.165, 1.54) is 6.07 Å². The van der Waals surface area contributed by atoms with Gasteiger partial charge in [-0.3, -0.25) is 0 Å². The predicted molar refractivity (Wildman–Crippen MR) is 81.3 cm³/mol. The van der Waals surface area contributed by atoms with Crippen LogP contribution in [0.4, 0.5) is 14.9 Å². The number of alkyl carbamates (subject to hydrolysis) is 1. The van der Waals surface area contributed by atoms with Crippen LogP contribution < -0.4 is 11.1 Å².